The van der Waals surface area contributed by atoms with E-state index in [1.807, 2.05) is 6.07 Å². The smallest absolute Gasteiger partial charge is 0.191 e. The number of nitrogens with zero attached hydrogens (tertiary/aromatic N) is 2. The molecule has 2 aromatic carbocycles. The van der Waals surface area contributed by atoms with Crippen LogP contribution in [0.3, 0.4) is 0 Å². The Bertz CT molecular complexity index is 808. The van der Waals surface area contributed by atoms with Crippen molar-refractivity contribution in [3.63, 3.8) is 0 Å². The Hall–Kier alpha value is -1.78. The first-order valence-corrected chi connectivity index (χ1v) is 9.90. The number of ether oxygens (including phenoxy) is 1. The molecule has 0 unspecified atom stereocenters. The minimum Gasteiger partial charge on any atom is -0.379 e. The van der Waals surface area contributed by atoms with Gasteiger partial charge in [0.2, 0.25) is 0 Å². The molecule has 0 aliphatic carbocycles. The molecule has 0 aromatic heterocycles. The predicted molar refractivity (Wildman–Crippen MR) is 126 cm³/mol. The van der Waals surface area contributed by atoms with Gasteiger partial charge in [-0.05, 0) is 35.2 Å². The van der Waals surface area contributed by atoms with Crippen LogP contribution >= 0.6 is 24.0 Å². The van der Waals surface area contributed by atoms with Crippen LogP contribution in [-0.4, -0.2) is 50.8 Å². The lowest BCUT2D eigenvalue weighted by molar-refractivity contribution is 0.0341. The summed E-state index contributed by atoms with van der Waals surface area (Å²) in [6.45, 7) is 5.54. The average Bonchev–Trinajstić information content (AvgIpc) is 2.71. The summed E-state index contributed by atoms with van der Waals surface area (Å²) in [5.41, 5.74) is 3.11. The second-order valence-electron chi connectivity index (χ2n) is 7.04. The maximum Gasteiger partial charge on any atom is 0.191 e. The van der Waals surface area contributed by atoms with Crippen molar-refractivity contribution in [2.75, 3.05) is 39.9 Å². The van der Waals surface area contributed by atoms with Crippen LogP contribution in [0, 0.1) is 11.6 Å². The van der Waals surface area contributed by atoms with Crippen molar-refractivity contribution < 1.29 is 13.5 Å². The van der Waals surface area contributed by atoms with Gasteiger partial charge in [-0.3, -0.25) is 9.89 Å². The molecule has 1 aliphatic rings. The zero-order valence-electron chi connectivity index (χ0n) is 17.2. The van der Waals surface area contributed by atoms with Crippen LogP contribution in [-0.2, 0) is 24.2 Å². The Kier molecular flexibility index (Phi) is 10.5. The molecule has 0 spiro atoms. The van der Waals surface area contributed by atoms with Crippen molar-refractivity contribution in [1.82, 2.24) is 15.5 Å². The van der Waals surface area contributed by atoms with Gasteiger partial charge in [-0.15, -0.1) is 24.0 Å². The van der Waals surface area contributed by atoms with E-state index >= 15 is 0 Å². The lowest BCUT2D eigenvalue weighted by Crippen LogP contribution is -2.38. The Morgan fingerprint density at radius 3 is 2.37 bits per heavy atom. The standard InChI is InChI=1S/C22H28F2N4O.HI/c1-25-22(26-7-6-17-12-20(23)14-21(24)13-17)27-15-18-4-2-3-5-19(18)16-28-8-10-29-11-9-28;/h2-5,12-14H,6-11,15-16H2,1H3,(H2,25,26,27);1H. The van der Waals surface area contributed by atoms with Gasteiger partial charge in [0.1, 0.15) is 11.6 Å². The van der Waals surface area contributed by atoms with Crippen LogP contribution < -0.4 is 10.6 Å². The fourth-order valence-electron chi connectivity index (χ4n) is 3.36. The summed E-state index contributed by atoms with van der Waals surface area (Å²) in [4.78, 5) is 6.63. The molecule has 1 saturated heterocycles. The first kappa shape index (κ1) is 24.5. The molecule has 1 fully saturated rings. The van der Waals surface area contributed by atoms with Gasteiger partial charge >= 0.3 is 0 Å². The van der Waals surface area contributed by atoms with Gasteiger partial charge in [0.15, 0.2) is 5.96 Å². The van der Waals surface area contributed by atoms with Crippen LogP contribution in [0.1, 0.15) is 16.7 Å². The number of halogens is 3. The minimum atomic E-state index is -0.556. The molecule has 0 bridgehead atoms. The van der Waals surface area contributed by atoms with Crippen molar-refractivity contribution in [1.29, 1.82) is 0 Å². The fraction of sp³-hybridized carbons (Fsp3) is 0.409. The quantitative estimate of drug-likeness (QED) is 0.328. The Balaban J connectivity index is 0.00000320. The summed E-state index contributed by atoms with van der Waals surface area (Å²) >= 11 is 0. The van der Waals surface area contributed by atoms with Crippen molar-refractivity contribution >= 4 is 29.9 Å². The van der Waals surface area contributed by atoms with Gasteiger partial charge in [0, 0.05) is 45.8 Å². The third kappa shape index (κ3) is 7.81. The van der Waals surface area contributed by atoms with Crippen LogP contribution in [0.25, 0.3) is 0 Å². The van der Waals surface area contributed by atoms with E-state index in [0.29, 0.717) is 31.0 Å². The molecule has 1 heterocycles. The molecule has 1 aliphatic heterocycles. The molecule has 0 amide bonds. The molecular formula is C22H29F2IN4O. The van der Waals surface area contributed by atoms with Crippen molar-refractivity contribution in [3.8, 4) is 0 Å². The molecule has 164 valence electrons. The molecule has 2 aromatic rings. The van der Waals surface area contributed by atoms with E-state index in [-0.39, 0.29) is 24.0 Å². The molecule has 5 nitrogen and oxygen atoms in total. The van der Waals surface area contributed by atoms with Gasteiger partial charge in [0.05, 0.1) is 13.2 Å². The normalized spacial score (nSPS) is 14.8. The summed E-state index contributed by atoms with van der Waals surface area (Å²) in [5, 5.41) is 6.51. The van der Waals surface area contributed by atoms with Crippen LogP contribution in [0.15, 0.2) is 47.5 Å². The summed E-state index contributed by atoms with van der Waals surface area (Å²) < 4.78 is 32.0. The summed E-state index contributed by atoms with van der Waals surface area (Å²) in [6, 6.07) is 11.9. The summed E-state index contributed by atoms with van der Waals surface area (Å²) in [5.74, 6) is -0.457. The van der Waals surface area contributed by atoms with Gasteiger partial charge in [-0.1, -0.05) is 24.3 Å². The highest BCUT2D eigenvalue weighted by Gasteiger charge is 2.12. The Morgan fingerprint density at radius 2 is 1.70 bits per heavy atom. The zero-order chi connectivity index (χ0) is 20.5. The minimum absolute atomic E-state index is 0. The zero-order valence-corrected chi connectivity index (χ0v) is 19.5. The predicted octanol–water partition coefficient (Wildman–Crippen LogP) is 3.32. The number of hydrogen-bond acceptors (Lipinski definition) is 3. The number of benzene rings is 2. The molecule has 3 rings (SSSR count). The van der Waals surface area contributed by atoms with E-state index in [0.717, 1.165) is 38.9 Å². The Morgan fingerprint density at radius 1 is 1.03 bits per heavy atom. The third-order valence-corrected chi connectivity index (χ3v) is 4.91. The highest BCUT2D eigenvalue weighted by Crippen LogP contribution is 2.13. The van der Waals surface area contributed by atoms with Crippen LogP contribution in [0.4, 0.5) is 8.78 Å². The number of nitrogens with one attached hydrogen (secondary N) is 2. The molecular weight excluding hydrogens is 501 g/mol. The van der Waals surface area contributed by atoms with Crippen molar-refractivity contribution in [3.05, 3.63) is 70.8 Å². The van der Waals surface area contributed by atoms with E-state index in [1.165, 1.54) is 23.3 Å². The van der Waals surface area contributed by atoms with Gasteiger partial charge < -0.3 is 15.4 Å². The number of hydrogen-bond donors (Lipinski definition) is 2. The number of guanidine groups is 1. The monoisotopic (exact) mass is 530 g/mol. The lowest BCUT2D eigenvalue weighted by Gasteiger charge is -2.27. The molecule has 8 heteroatoms. The van der Waals surface area contributed by atoms with E-state index in [4.69, 9.17) is 4.74 Å². The Labute approximate surface area is 193 Å². The number of rotatable bonds is 7. The summed E-state index contributed by atoms with van der Waals surface area (Å²) in [7, 11) is 1.71. The van der Waals surface area contributed by atoms with E-state index in [9.17, 15) is 8.78 Å². The molecule has 0 saturated carbocycles. The topological polar surface area (TPSA) is 48.9 Å². The van der Waals surface area contributed by atoms with Crippen LogP contribution in [0.5, 0.6) is 0 Å². The lowest BCUT2D eigenvalue weighted by atomic mass is 10.1. The second kappa shape index (κ2) is 12.8. The van der Waals surface area contributed by atoms with Gasteiger partial charge in [0.25, 0.3) is 0 Å². The number of morpholine rings is 1. The maximum atomic E-state index is 13.3. The van der Waals surface area contributed by atoms with Crippen molar-refractivity contribution in [2.45, 2.75) is 19.5 Å². The van der Waals surface area contributed by atoms with Gasteiger partial charge in [-0.25, -0.2) is 8.78 Å². The number of aliphatic imine (C=N–C) groups is 1. The highest BCUT2D eigenvalue weighted by atomic mass is 127. The van der Waals surface area contributed by atoms with Crippen LogP contribution in [0.2, 0.25) is 0 Å². The first-order valence-electron chi connectivity index (χ1n) is 9.90. The average molecular weight is 530 g/mol. The summed E-state index contributed by atoms with van der Waals surface area (Å²) in [6.07, 6.45) is 0.503. The van der Waals surface area contributed by atoms with E-state index in [2.05, 4.69) is 38.7 Å². The first-order chi connectivity index (χ1) is 14.1. The second-order valence-corrected chi connectivity index (χ2v) is 7.04. The molecule has 30 heavy (non-hydrogen) atoms. The molecule has 0 radical (unpaired) electrons. The fourth-order valence-corrected chi connectivity index (χ4v) is 3.36. The highest BCUT2D eigenvalue weighted by molar-refractivity contribution is 14.0. The SMILES string of the molecule is CN=C(NCCc1cc(F)cc(F)c1)NCc1ccccc1CN1CCOCC1.I. The van der Waals surface area contributed by atoms with E-state index in [1.54, 1.807) is 7.05 Å². The van der Waals surface area contributed by atoms with E-state index < -0.39 is 11.6 Å². The van der Waals surface area contributed by atoms with Gasteiger partial charge in [-0.2, -0.15) is 0 Å². The van der Waals surface area contributed by atoms with Crippen molar-refractivity contribution in [2.24, 2.45) is 4.99 Å². The largest absolute Gasteiger partial charge is 0.379 e. The molecule has 0 atom stereocenters. The molecule has 2 N–H and O–H groups in total. The third-order valence-electron chi connectivity index (χ3n) is 4.91. The maximum absolute atomic E-state index is 13.3.